The van der Waals surface area contributed by atoms with Crippen molar-refractivity contribution in [3.05, 3.63) is 12.2 Å². The number of allylic oxidation sites excluding steroid dienone is 2. The molecule has 54 valence electrons. The van der Waals surface area contributed by atoms with Crippen LogP contribution in [0.25, 0.3) is 0 Å². The highest BCUT2D eigenvalue weighted by Gasteiger charge is 1.94. The van der Waals surface area contributed by atoms with Gasteiger partial charge < -0.3 is 0 Å². The molecule has 0 aromatic carbocycles. The molecule has 0 bridgehead atoms. The van der Waals surface area contributed by atoms with E-state index in [1.165, 1.54) is 0 Å². The summed E-state index contributed by atoms with van der Waals surface area (Å²) in [5.74, 6) is 0.562. The largest absolute Gasteiger partial charge is 0.122 e. The van der Waals surface area contributed by atoms with Gasteiger partial charge in [-0.15, -0.1) is 23.2 Å². The predicted octanol–water partition coefficient (Wildman–Crippen LogP) is 3.19. The summed E-state index contributed by atoms with van der Waals surface area (Å²) in [6.45, 7) is 2.11. The van der Waals surface area contributed by atoms with Gasteiger partial charge in [-0.1, -0.05) is 25.5 Å². The number of alkyl halides is 2. The fourth-order valence-corrected chi connectivity index (χ4v) is 0.995. The zero-order chi connectivity index (χ0) is 7.11. The van der Waals surface area contributed by atoms with Crippen molar-refractivity contribution >= 4 is 23.2 Å². The molecule has 1 atom stereocenters. The second-order valence-electron chi connectivity index (χ2n) is 1.89. The third kappa shape index (κ3) is 6.20. The number of rotatable bonds is 4. The van der Waals surface area contributed by atoms with Crippen LogP contribution < -0.4 is 0 Å². The molecule has 0 aliphatic carbocycles. The van der Waals surface area contributed by atoms with Gasteiger partial charge in [-0.05, 0) is 6.42 Å². The van der Waals surface area contributed by atoms with E-state index in [1.54, 1.807) is 0 Å². The Balaban J connectivity index is 3.25. The molecule has 0 aliphatic heterocycles. The Morgan fingerprint density at radius 3 is 2.67 bits per heavy atom. The van der Waals surface area contributed by atoms with Gasteiger partial charge in [0.05, 0.1) is 5.38 Å². The topological polar surface area (TPSA) is 0 Å². The van der Waals surface area contributed by atoms with Gasteiger partial charge in [0.2, 0.25) is 0 Å². The van der Waals surface area contributed by atoms with Crippen molar-refractivity contribution in [1.29, 1.82) is 0 Å². The average Bonchev–Trinajstić information content (AvgIpc) is 1.85. The van der Waals surface area contributed by atoms with Crippen LogP contribution in [-0.2, 0) is 0 Å². The molecule has 0 aliphatic rings. The maximum Gasteiger partial charge on any atom is 0.0516 e. The molecule has 0 spiro atoms. The van der Waals surface area contributed by atoms with Crippen LogP contribution in [0.1, 0.15) is 19.8 Å². The second kappa shape index (κ2) is 6.44. The molecule has 2 heteroatoms. The van der Waals surface area contributed by atoms with Crippen LogP contribution >= 0.6 is 23.2 Å². The minimum absolute atomic E-state index is 0.175. The summed E-state index contributed by atoms with van der Waals surface area (Å²) in [6, 6.07) is 0. The molecule has 0 aromatic rings. The standard InChI is InChI=1S/C7H12Cl2/c1-2-4-7(9)5-3-6-8/h3,5,7H,2,4,6H2,1H3. The quantitative estimate of drug-likeness (QED) is 0.445. The van der Waals surface area contributed by atoms with Crippen LogP contribution in [0.2, 0.25) is 0 Å². The third-order valence-corrected chi connectivity index (χ3v) is 1.54. The predicted molar refractivity (Wildman–Crippen MR) is 44.4 cm³/mol. The van der Waals surface area contributed by atoms with Crippen molar-refractivity contribution in [1.82, 2.24) is 0 Å². The van der Waals surface area contributed by atoms with Crippen molar-refractivity contribution in [3.8, 4) is 0 Å². The molecule has 0 saturated carbocycles. The van der Waals surface area contributed by atoms with Crippen LogP contribution in [-0.4, -0.2) is 11.3 Å². The molecule has 0 N–H and O–H groups in total. The van der Waals surface area contributed by atoms with Gasteiger partial charge in [0, 0.05) is 5.88 Å². The maximum absolute atomic E-state index is 5.81. The van der Waals surface area contributed by atoms with Gasteiger partial charge in [-0.25, -0.2) is 0 Å². The first-order valence-electron chi connectivity index (χ1n) is 3.18. The van der Waals surface area contributed by atoms with E-state index in [0.29, 0.717) is 5.88 Å². The number of halogens is 2. The van der Waals surface area contributed by atoms with Crippen LogP contribution in [0.4, 0.5) is 0 Å². The van der Waals surface area contributed by atoms with Gasteiger partial charge in [0.25, 0.3) is 0 Å². The van der Waals surface area contributed by atoms with Gasteiger partial charge >= 0.3 is 0 Å². The molecular weight excluding hydrogens is 155 g/mol. The summed E-state index contributed by atoms with van der Waals surface area (Å²) in [6.07, 6.45) is 5.99. The van der Waals surface area contributed by atoms with E-state index in [9.17, 15) is 0 Å². The second-order valence-corrected chi connectivity index (χ2v) is 2.76. The van der Waals surface area contributed by atoms with Crippen LogP contribution in [0.3, 0.4) is 0 Å². The summed E-state index contributed by atoms with van der Waals surface area (Å²) < 4.78 is 0. The van der Waals surface area contributed by atoms with Gasteiger partial charge in [-0.3, -0.25) is 0 Å². The molecule has 0 radical (unpaired) electrons. The molecule has 9 heavy (non-hydrogen) atoms. The molecular formula is C7H12Cl2. The summed E-state index contributed by atoms with van der Waals surface area (Å²) >= 11 is 11.2. The lowest BCUT2D eigenvalue weighted by atomic mass is 10.2. The minimum Gasteiger partial charge on any atom is -0.122 e. The van der Waals surface area contributed by atoms with Gasteiger partial charge in [-0.2, -0.15) is 0 Å². The Morgan fingerprint density at radius 1 is 1.56 bits per heavy atom. The van der Waals surface area contributed by atoms with Crippen molar-refractivity contribution in [2.75, 3.05) is 5.88 Å². The van der Waals surface area contributed by atoms with Crippen LogP contribution in [0.15, 0.2) is 12.2 Å². The van der Waals surface area contributed by atoms with E-state index < -0.39 is 0 Å². The van der Waals surface area contributed by atoms with E-state index in [1.807, 2.05) is 12.2 Å². The van der Waals surface area contributed by atoms with Crippen molar-refractivity contribution in [3.63, 3.8) is 0 Å². The van der Waals surface area contributed by atoms with Crippen LogP contribution in [0.5, 0.6) is 0 Å². The van der Waals surface area contributed by atoms with Crippen LogP contribution in [0, 0.1) is 0 Å². The summed E-state index contributed by atoms with van der Waals surface area (Å²) in [4.78, 5) is 0. The fraction of sp³-hybridized carbons (Fsp3) is 0.714. The molecule has 0 rings (SSSR count). The molecule has 0 aromatic heterocycles. The Labute approximate surface area is 66.8 Å². The van der Waals surface area contributed by atoms with Gasteiger partial charge in [0.15, 0.2) is 0 Å². The Bertz CT molecular complexity index is 79.0. The smallest absolute Gasteiger partial charge is 0.0516 e. The monoisotopic (exact) mass is 166 g/mol. The lowest BCUT2D eigenvalue weighted by Crippen LogP contribution is -1.90. The van der Waals surface area contributed by atoms with E-state index in [-0.39, 0.29) is 5.38 Å². The lowest BCUT2D eigenvalue weighted by Gasteiger charge is -1.97. The molecule has 0 saturated heterocycles. The maximum atomic E-state index is 5.81. The number of hydrogen-bond donors (Lipinski definition) is 0. The number of hydrogen-bond acceptors (Lipinski definition) is 0. The molecule has 0 nitrogen and oxygen atoms in total. The third-order valence-electron chi connectivity index (χ3n) is 0.998. The first kappa shape index (κ1) is 9.32. The Hall–Kier alpha value is 0.320. The van der Waals surface area contributed by atoms with Crippen molar-refractivity contribution in [2.45, 2.75) is 25.1 Å². The molecule has 1 unspecified atom stereocenters. The minimum atomic E-state index is 0.175. The normalized spacial score (nSPS) is 14.6. The molecule has 0 fully saturated rings. The van der Waals surface area contributed by atoms with Crippen molar-refractivity contribution < 1.29 is 0 Å². The molecule has 0 amide bonds. The first-order valence-corrected chi connectivity index (χ1v) is 4.15. The van der Waals surface area contributed by atoms with Crippen molar-refractivity contribution in [2.24, 2.45) is 0 Å². The fourth-order valence-electron chi connectivity index (χ4n) is 0.571. The average molecular weight is 167 g/mol. The highest BCUT2D eigenvalue weighted by Crippen LogP contribution is 2.05. The SMILES string of the molecule is CCCC(Cl)C=CCCl. The zero-order valence-electron chi connectivity index (χ0n) is 5.61. The van der Waals surface area contributed by atoms with E-state index in [0.717, 1.165) is 12.8 Å². The van der Waals surface area contributed by atoms with E-state index in [4.69, 9.17) is 23.2 Å². The lowest BCUT2D eigenvalue weighted by molar-refractivity contribution is 0.820. The Morgan fingerprint density at radius 2 is 2.22 bits per heavy atom. The summed E-state index contributed by atoms with van der Waals surface area (Å²) in [5.41, 5.74) is 0. The van der Waals surface area contributed by atoms with Gasteiger partial charge in [0.1, 0.15) is 0 Å². The Kier molecular flexibility index (Phi) is 6.67. The first-order chi connectivity index (χ1) is 4.31. The highest BCUT2D eigenvalue weighted by atomic mass is 35.5. The zero-order valence-corrected chi connectivity index (χ0v) is 7.12. The summed E-state index contributed by atoms with van der Waals surface area (Å²) in [7, 11) is 0. The van der Waals surface area contributed by atoms with E-state index in [2.05, 4.69) is 6.92 Å². The highest BCUT2D eigenvalue weighted by molar-refractivity contribution is 6.22. The molecule has 0 heterocycles. The summed E-state index contributed by atoms with van der Waals surface area (Å²) in [5, 5.41) is 0.175. The van der Waals surface area contributed by atoms with E-state index >= 15 is 0 Å².